The summed E-state index contributed by atoms with van der Waals surface area (Å²) in [5.74, 6) is -1.61. The molecule has 1 heterocycles. The van der Waals surface area contributed by atoms with E-state index >= 15 is 0 Å². The van der Waals surface area contributed by atoms with Gasteiger partial charge in [-0.1, -0.05) is 0 Å². The zero-order valence-electron chi connectivity index (χ0n) is 8.02. The molecule has 1 aromatic heterocycles. The maximum Gasteiger partial charge on any atom is 0.271 e. The van der Waals surface area contributed by atoms with Gasteiger partial charge in [-0.05, 0) is 0 Å². The lowest BCUT2D eigenvalue weighted by atomic mass is 10.2. The summed E-state index contributed by atoms with van der Waals surface area (Å²) in [5.41, 5.74) is -0.957. The molecule has 0 radical (unpaired) electrons. The second kappa shape index (κ2) is 4.18. The smallest absolute Gasteiger partial charge is 0.271 e. The fourth-order valence-electron chi connectivity index (χ4n) is 1.06. The van der Waals surface area contributed by atoms with Crippen LogP contribution in [0.4, 0.5) is 8.78 Å². The molecule has 9 heteroatoms. The van der Waals surface area contributed by atoms with Crippen molar-refractivity contribution in [3.63, 3.8) is 0 Å². The molecule has 0 aromatic carbocycles. The molecule has 0 atom stereocenters. The number of pyridine rings is 1. The summed E-state index contributed by atoms with van der Waals surface area (Å²) in [6, 6.07) is 0. The zero-order chi connectivity index (χ0) is 12.5. The van der Waals surface area contributed by atoms with Crippen LogP contribution >= 0.6 is 0 Å². The Hall–Kier alpha value is -1.48. The third kappa shape index (κ3) is 2.19. The molecule has 1 rings (SSSR count). The van der Waals surface area contributed by atoms with Crippen LogP contribution in [0.2, 0.25) is 0 Å². The fraction of sp³-hybridized carbons (Fsp3) is 0.286. The second-order valence-electron chi connectivity index (χ2n) is 2.74. The predicted molar refractivity (Wildman–Crippen MR) is 48.8 cm³/mol. The number of halogens is 2. The Morgan fingerprint density at radius 1 is 1.56 bits per heavy atom. The molecular formula is C7H8F2N2O4S. The van der Waals surface area contributed by atoms with E-state index in [1.165, 1.54) is 0 Å². The Morgan fingerprint density at radius 2 is 2.12 bits per heavy atom. The molecule has 0 aliphatic heterocycles. The van der Waals surface area contributed by atoms with Crippen molar-refractivity contribution in [2.24, 2.45) is 5.14 Å². The van der Waals surface area contributed by atoms with E-state index in [0.29, 0.717) is 0 Å². The normalized spacial score (nSPS) is 11.8. The highest BCUT2D eigenvalue weighted by atomic mass is 32.2. The van der Waals surface area contributed by atoms with Crippen molar-refractivity contribution in [2.45, 2.75) is 11.5 Å². The third-order valence-corrected chi connectivity index (χ3v) is 2.57. The first kappa shape index (κ1) is 12.6. The molecule has 0 aliphatic carbocycles. The summed E-state index contributed by atoms with van der Waals surface area (Å²) in [6.07, 6.45) is -2.36. The SMILES string of the molecule is COc1cnc(S(N)(=O)=O)c(O)c1C(F)F. The largest absolute Gasteiger partial charge is 0.504 e. The van der Waals surface area contributed by atoms with Crippen LogP contribution in [0.5, 0.6) is 11.5 Å². The van der Waals surface area contributed by atoms with Crippen LogP contribution < -0.4 is 9.88 Å². The maximum atomic E-state index is 12.5. The molecule has 0 fully saturated rings. The highest BCUT2D eigenvalue weighted by molar-refractivity contribution is 7.89. The van der Waals surface area contributed by atoms with Gasteiger partial charge in [0, 0.05) is 0 Å². The van der Waals surface area contributed by atoms with E-state index in [-0.39, 0.29) is 0 Å². The monoisotopic (exact) mass is 254 g/mol. The minimum Gasteiger partial charge on any atom is -0.504 e. The summed E-state index contributed by atoms with van der Waals surface area (Å²) >= 11 is 0. The van der Waals surface area contributed by atoms with Crippen LogP contribution in [0.1, 0.15) is 12.0 Å². The minimum atomic E-state index is -4.36. The van der Waals surface area contributed by atoms with Crippen LogP contribution in [0.3, 0.4) is 0 Å². The van der Waals surface area contributed by atoms with E-state index in [1.807, 2.05) is 0 Å². The minimum absolute atomic E-state index is 0.417. The Kier molecular flexibility index (Phi) is 3.29. The Morgan fingerprint density at radius 3 is 2.50 bits per heavy atom. The lowest BCUT2D eigenvalue weighted by Gasteiger charge is -2.11. The van der Waals surface area contributed by atoms with Crippen molar-refractivity contribution in [2.75, 3.05) is 7.11 Å². The van der Waals surface area contributed by atoms with Crippen molar-refractivity contribution in [3.8, 4) is 11.5 Å². The molecule has 16 heavy (non-hydrogen) atoms. The Balaban J connectivity index is 3.57. The van der Waals surface area contributed by atoms with E-state index in [9.17, 15) is 22.3 Å². The number of alkyl halides is 2. The van der Waals surface area contributed by atoms with Gasteiger partial charge in [0.1, 0.15) is 11.3 Å². The molecular weight excluding hydrogens is 246 g/mol. The number of methoxy groups -OCH3 is 1. The first-order valence-electron chi connectivity index (χ1n) is 3.85. The number of sulfonamides is 1. The standard InChI is InChI=1S/C7H8F2N2O4S/c1-15-3-2-11-7(16(10,13)14)5(12)4(3)6(8)9/h2,6,12H,1H3,(H2,10,13,14). The number of aromatic hydroxyl groups is 1. The number of nitrogens with two attached hydrogens (primary N) is 1. The van der Waals surface area contributed by atoms with Gasteiger partial charge in [-0.3, -0.25) is 0 Å². The number of hydrogen-bond acceptors (Lipinski definition) is 5. The summed E-state index contributed by atoms with van der Waals surface area (Å²) in [4.78, 5) is 3.24. The number of nitrogens with zero attached hydrogens (tertiary/aromatic N) is 1. The van der Waals surface area contributed by atoms with Gasteiger partial charge in [-0.2, -0.15) is 0 Å². The predicted octanol–water partition coefficient (Wildman–Crippen LogP) is 0.381. The summed E-state index contributed by atoms with van der Waals surface area (Å²) in [5, 5.41) is 13.0. The molecule has 0 saturated heterocycles. The van der Waals surface area contributed by atoms with Crippen LogP contribution in [0.15, 0.2) is 11.2 Å². The molecule has 6 nitrogen and oxygen atoms in total. The number of ether oxygens (including phenoxy) is 1. The van der Waals surface area contributed by atoms with Gasteiger partial charge >= 0.3 is 0 Å². The van der Waals surface area contributed by atoms with Crippen LogP contribution in [0.25, 0.3) is 0 Å². The highest BCUT2D eigenvalue weighted by Gasteiger charge is 2.27. The fourth-order valence-corrected chi connectivity index (χ4v) is 1.64. The third-order valence-electron chi connectivity index (χ3n) is 1.73. The highest BCUT2D eigenvalue weighted by Crippen LogP contribution is 2.38. The topological polar surface area (TPSA) is 103 Å². The van der Waals surface area contributed by atoms with Gasteiger partial charge in [0.2, 0.25) is 5.03 Å². The first-order chi connectivity index (χ1) is 7.29. The molecule has 0 unspecified atom stereocenters. The van der Waals surface area contributed by atoms with Gasteiger partial charge in [0.05, 0.1) is 13.3 Å². The van der Waals surface area contributed by atoms with E-state index in [4.69, 9.17) is 0 Å². The van der Waals surface area contributed by atoms with Crippen LogP contribution in [-0.4, -0.2) is 25.6 Å². The number of hydrogen-bond donors (Lipinski definition) is 2. The van der Waals surface area contributed by atoms with Crippen molar-refractivity contribution in [1.29, 1.82) is 0 Å². The van der Waals surface area contributed by atoms with Crippen molar-refractivity contribution < 1.29 is 27.0 Å². The van der Waals surface area contributed by atoms with Crippen molar-refractivity contribution >= 4 is 10.0 Å². The lowest BCUT2D eigenvalue weighted by Crippen LogP contribution is -2.15. The molecule has 90 valence electrons. The van der Waals surface area contributed by atoms with Gasteiger partial charge in [0.25, 0.3) is 16.4 Å². The molecule has 1 aromatic rings. The Bertz CT molecular complexity index is 503. The molecule has 0 aliphatic rings. The van der Waals surface area contributed by atoms with E-state index in [1.54, 1.807) is 0 Å². The van der Waals surface area contributed by atoms with Gasteiger partial charge < -0.3 is 9.84 Å². The van der Waals surface area contributed by atoms with Gasteiger partial charge in [-0.15, -0.1) is 0 Å². The molecule has 0 amide bonds. The van der Waals surface area contributed by atoms with Crippen molar-refractivity contribution in [1.82, 2.24) is 4.98 Å². The molecule has 0 saturated carbocycles. The molecule has 0 bridgehead atoms. The average molecular weight is 254 g/mol. The summed E-state index contributed by atoms with van der Waals surface area (Å²) in [6.45, 7) is 0. The van der Waals surface area contributed by atoms with Crippen LogP contribution in [-0.2, 0) is 10.0 Å². The van der Waals surface area contributed by atoms with Gasteiger partial charge in [-0.25, -0.2) is 27.3 Å². The summed E-state index contributed by atoms with van der Waals surface area (Å²) in [7, 11) is -3.28. The summed E-state index contributed by atoms with van der Waals surface area (Å²) < 4.78 is 51.4. The quantitative estimate of drug-likeness (QED) is 0.811. The second-order valence-corrected chi connectivity index (χ2v) is 4.22. The maximum absolute atomic E-state index is 12.5. The van der Waals surface area contributed by atoms with Gasteiger partial charge in [0.15, 0.2) is 5.75 Å². The van der Waals surface area contributed by atoms with Crippen LogP contribution in [0, 0.1) is 0 Å². The number of rotatable bonds is 3. The molecule has 3 N–H and O–H groups in total. The number of primary sulfonamides is 1. The van der Waals surface area contributed by atoms with Crippen molar-refractivity contribution in [3.05, 3.63) is 11.8 Å². The lowest BCUT2D eigenvalue weighted by molar-refractivity contribution is 0.142. The average Bonchev–Trinajstić information content (AvgIpc) is 2.14. The van der Waals surface area contributed by atoms with E-state index < -0.39 is 38.5 Å². The van der Waals surface area contributed by atoms with E-state index in [2.05, 4.69) is 14.9 Å². The number of aromatic nitrogens is 1. The molecule has 0 spiro atoms. The Labute approximate surface area is 89.7 Å². The van der Waals surface area contributed by atoms with E-state index in [0.717, 1.165) is 13.3 Å². The zero-order valence-corrected chi connectivity index (χ0v) is 8.83. The first-order valence-corrected chi connectivity index (χ1v) is 5.40.